The van der Waals surface area contributed by atoms with Crippen LogP contribution in [0.2, 0.25) is 10.0 Å². The maximum Gasteiger partial charge on any atom is 0.387 e. The van der Waals surface area contributed by atoms with Gasteiger partial charge in [0, 0.05) is 5.69 Å². The molecule has 1 aliphatic carbocycles. The molecule has 108 valence electrons. The normalized spacial score (nSPS) is 17.0. The highest BCUT2D eigenvalue weighted by molar-refractivity contribution is 6.37. The van der Waals surface area contributed by atoms with Gasteiger partial charge in [0.2, 0.25) is 0 Å². The average Bonchev–Trinajstić information content (AvgIpc) is 2.83. The Morgan fingerprint density at radius 3 is 2.25 bits per heavy atom. The average molecular weight is 321 g/mol. The lowest BCUT2D eigenvalue weighted by atomic mass is 9.99. The molecule has 0 aliphatic heterocycles. The van der Waals surface area contributed by atoms with Gasteiger partial charge in [-0.15, -0.1) is 0 Å². The van der Waals surface area contributed by atoms with E-state index in [4.69, 9.17) is 23.2 Å². The van der Waals surface area contributed by atoms with Crippen molar-refractivity contribution in [2.45, 2.75) is 37.8 Å². The van der Waals surface area contributed by atoms with Gasteiger partial charge in [0.25, 0.3) is 0 Å². The summed E-state index contributed by atoms with van der Waals surface area (Å²) in [5.41, 5.74) is -0.123. The number of benzene rings is 1. The molecule has 0 unspecified atom stereocenters. The number of hydrogen-bond donors (Lipinski definition) is 1. The van der Waals surface area contributed by atoms with Crippen molar-refractivity contribution in [2.24, 2.45) is 0 Å². The Kier molecular flexibility index (Phi) is 4.56. The van der Waals surface area contributed by atoms with Gasteiger partial charge in [-0.2, -0.15) is 14.0 Å². The van der Waals surface area contributed by atoms with Gasteiger partial charge in [0.15, 0.2) is 5.75 Å². The fourth-order valence-electron chi connectivity index (χ4n) is 2.35. The Hall–Kier alpha value is -1.25. The van der Waals surface area contributed by atoms with Crippen LogP contribution in [0, 0.1) is 11.3 Å². The molecule has 0 heterocycles. The van der Waals surface area contributed by atoms with E-state index in [1.165, 1.54) is 12.1 Å². The smallest absolute Gasteiger partial charge is 0.387 e. The van der Waals surface area contributed by atoms with Crippen LogP contribution < -0.4 is 10.1 Å². The Morgan fingerprint density at radius 2 is 1.80 bits per heavy atom. The van der Waals surface area contributed by atoms with Crippen LogP contribution in [0.15, 0.2) is 12.1 Å². The van der Waals surface area contributed by atoms with Crippen molar-refractivity contribution in [3.8, 4) is 11.8 Å². The largest absolute Gasteiger partial charge is 0.432 e. The van der Waals surface area contributed by atoms with Gasteiger partial charge in [-0.25, -0.2) is 0 Å². The molecule has 0 radical (unpaired) electrons. The van der Waals surface area contributed by atoms with Crippen LogP contribution in [0.5, 0.6) is 5.75 Å². The molecule has 2 rings (SSSR count). The lowest BCUT2D eigenvalue weighted by Crippen LogP contribution is -2.32. The highest BCUT2D eigenvalue weighted by atomic mass is 35.5. The molecule has 0 saturated heterocycles. The molecule has 7 heteroatoms. The van der Waals surface area contributed by atoms with Crippen LogP contribution in [0.25, 0.3) is 0 Å². The molecule has 1 aliphatic rings. The van der Waals surface area contributed by atoms with Crippen LogP contribution in [-0.2, 0) is 0 Å². The van der Waals surface area contributed by atoms with E-state index >= 15 is 0 Å². The predicted octanol–water partition coefficient (Wildman–Crippen LogP) is 4.84. The third-order valence-electron chi connectivity index (χ3n) is 3.26. The fraction of sp³-hybridized carbons (Fsp3) is 0.462. The van der Waals surface area contributed by atoms with Gasteiger partial charge in [-0.05, 0) is 37.8 Å². The molecule has 0 aromatic heterocycles. The van der Waals surface area contributed by atoms with Crippen LogP contribution in [0.1, 0.15) is 25.7 Å². The Bertz CT molecular complexity index is 517. The number of nitrogens with zero attached hydrogens (tertiary/aromatic N) is 1. The van der Waals surface area contributed by atoms with E-state index in [-0.39, 0.29) is 15.8 Å². The predicted molar refractivity (Wildman–Crippen MR) is 73.5 cm³/mol. The van der Waals surface area contributed by atoms with Crippen LogP contribution in [0.3, 0.4) is 0 Å². The number of anilines is 1. The second-order valence-corrected chi connectivity index (χ2v) is 5.49. The standard InChI is InChI=1S/C13H12Cl2F2N2O/c14-9-5-8(6-10(15)11(9)20-12(16)17)19-13(7-18)3-1-2-4-13/h5-6,12,19H,1-4H2. The lowest BCUT2D eigenvalue weighted by Gasteiger charge is -2.24. The molecular weight excluding hydrogens is 309 g/mol. The molecule has 0 atom stereocenters. The number of alkyl halides is 2. The first-order valence-corrected chi connectivity index (χ1v) is 6.85. The fourth-order valence-corrected chi connectivity index (χ4v) is 2.93. The second-order valence-electron chi connectivity index (χ2n) is 4.67. The first-order valence-electron chi connectivity index (χ1n) is 6.09. The molecule has 1 N–H and O–H groups in total. The van der Waals surface area contributed by atoms with Crippen molar-refractivity contribution in [3.63, 3.8) is 0 Å². The minimum absolute atomic E-state index is 0.0219. The topological polar surface area (TPSA) is 45.0 Å². The molecule has 1 aromatic rings. The summed E-state index contributed by atoms with van der Waals surface area (Å²) in [5, 5.41) is 12.3. The summed E-state index contributed by atoms with van der Waals surface area (Å²) in [6, 6.07) is 5.13. The highest BCUT2D eigenvalue weighted by Gasteiger charge is 2.34. The number of halogens is 4. The van der Waals surface area contributed by atoms with Gasteiger partial charge in [0.05, 0.1) is 16.1 Å². The van der Waals surface area contributed by atoms with Crippen molar-refractivity contribution in [3.05, 3.63) is 22.2 Å². The van der Waals surface area contributed by atoms with E-state index in [2.05, 4.69) is 16.1 Å². The Balaban J connectivity index is 2.24. The highest BCUT2D eigenvalue weighted by Crippen LogP contribution is 2.39. The summed E-state index contributed by atoms with van der Waals surface area (Å²) in [6.07, 6.45) is 3.39. The number of hydrogen-bond acceptors (Lipinski definition) is 3. The molecule has 1 fully saturated rings. The number of nitrogens with one attached hydrogen (secondary N) is 1. The van der Waals surface area contributed by atoms with Gasteiger partial charge in [0.1, 0.15) is 5.54 Å². The minimum Gasteiger partial charge on any atom is -0.432 e. The van der Waals surface area contributed by atoms with E-state index in [0.717, 1.165) is 25.7 Å². The lowest BCUT2D eigenvalue weighted by molar-refractivity contribution is -0.0497. The number of rotatable bonds is 4. The maximum atomic E-state index is 12.2. The monoisotopic (exact) mass is 320 g/mol. The van der Waals surface area contributed by atoms with E-state index < -0.39 is 12.2 Å². The van der Waals surface area contributed by atoms with Gasteiger partial charge in [-0.1, -0.05) is 23.2 Å². The Morgan fingerprint density at radius 1 is 1.25 bits per heavy atom. The molecular formula is C13H12Cl2F2N2O. The maximum absolute atomic E-state index is 12.2. The van der Waals surface area contributed by atoms with Crippen molar-refractivity contribution in [2.75, 3.05) is 5.32 Å². The SMILES string of the molecule is N#CC1(Nc2cc(Cl)c(OC(F)F)c(Cl)c2)CCCC1. The molecule has 1 aromatic carbocycles. The Labute approximate surface area is 125 Å². The molecule has 1 saturated carbocycles. The number of ether oxygens (including phenoxy) is 1. The van der Waals surface area contributed by atoms with Crippen molar-refractivity contribution in [1.82, 2.24) is 0 Å². The summed E-state index contributed by atoms with van der Waals surface area (Å²) in [4.78, 5) is 0. The molecule has 0 bridgehead atoms. The second kappa shape index (κ2) is 6.02. The van der Waals surface area contributed by atoms with E-state index in [9.17, 15) is 14.0 Å². The van der Waals surface area contributed by atoms with Gasteiger partial charge >= 0.3 is 6.61 Å². The quantitative estimate of drug-likeness (QED) is 0.863. The zero-order chi connectivity index (χ0) is 14.8. The van der Waals surface area contributed by atoms with Crippen LogP contribution in [0.4, 0.5) is 14.5 Å². The van der Waals surface area contributed by atoms with Crippen molar-refractivity contribution < 1.29 is 13.5 Å². The third-order valence-corrected chi connectivity index (χ3v) is 3.82. The molecule has 3 nitrogen and oxygen atoms in total. The molecule has 0 amide bonds. The number of nitriles is 1. The van der Waals surface area contributed by atoms with Gasteiger partial charge < -0.3 is 10.1 Å². The van der Waals surface area contributed by atoms with E-state index in [1.54, 1.807) is 0 Å². The summed E-state index contributed by atoms with van der Waals surface area (Å²) < 4.78 is 28.7. The molecule has 0 spiro atoms. The van der Waals surface area contributed by atoms with Crippen LogP contribution in [-0.4, -0.2) is 12.2 Å². The zero-order valence-electron chi connectivity index (χ0n) is 10.4. The van der Waals surface area contributed by atoms with Gasteiger partial charge in [-0.3, -0.25) is 0 Å². The summed E-state index contributed by atoms with van der Waals surface area (Å²) in [6.45, 7) is -3.00. The van der Waals surface area contributed by atoms with E-state index in [1.807, 2.05) is 0 Å². The summed E-state index contributed by atoms with van der Waals surface area (Å²) in [5.74, 6) is -0.258. The van der Waals surface area contributed by atoms with Crippen LogP contribution >= 0.6 is 23.2 Å². The first kappa shape index (κ1) is 15.1. The summed E-state index contributed by atoms with van der Waals surface area (Å²) >= 11 is 11.8. The van der Waals surface area contributed by atoms with E-state index in [0.29, 0.717) is 5.69 Å². The first-order chi connectivity index (χ1) is 9.46. The minimum atomic E-state index is -3.00. The van der Waals surface area contributed by atoms with Crippen molar-refractivity contribution in [1.29, 1.82) is 5.26 Å². The summed E-state index contributed by atoms with van der Waals surface area (Å²) in [7, 11) is 0. The zero-order valence-corrected chi connectivity index (χ0v) is 11.9. The molecule has 20 heavy (non-hydrogen) atoms. The third kappa shape index (κ3) is 3.25. The van der Waals surface area contributed by atoms with Crippen molar-refractivity contribution >= 4 is 28.9 Å².